The third-order valence-electron chi connectivity index (χ3n) is 12.8. The van der Waals surface area contributed by atoms with Crippen LogP contribution in [0.4, 0.5) is 21.5 Å². The summed E-state index contributed by atoms with van der Waals surface area (Å²) in [6.07, 6.45) is 5.30. The van der Waals surface area contributed by atoms with Gasteiger partial charge in [-0.25, -0.2) is 4.39 Å². The molecule has 2 saturated heterocycles. The molecule has 4 heterocycles. The van der Waals surface area contributed by atoms with E-state index in [0.29, 0.717) is 6.04 Å². The highest BCUT2D eigenvalue weighted by atomic mass is 19.1. The molecular weight excluding hydrogens is 726 g/mol. The van der Waals surface area contributed by atoms with Gasteiger partial charge in [0.25, 0.3) is 11.8 Å². The van der Waals surface area contributed by atoms with E-state index < -0.39 is 35.5 Å². The zero-order valence-corrected chi connectivity index (χ0v) is 32.2. The molecule has 4 aromatic rings. The number of amides is 4. The van der Waals surface area contributed by atoms with Gasteiger partial charge in [-0.2, -0.15) is 5.26 Å². The van der Waals surface area contributed by atoms with Crippen LogP contribution in [0.2, 0.25) is 0 Å². The number of carbonyl (C=O) groups excluding carboxylic acids is 4. The van der Waals surface area contributed by atoms with Crippen molar-refractivity contribution in [1.82, 2.24) is 20.3 Å². The highest BCUT2D eigenvalue weighted by Crippen LogP contribution is 2.48. The van der Waals surface area contributed by atoms with Crippen LogP contribution in [-0.4, -0.2) is 75.8 Å². The monoisotopic (exact) mass is 769 g/mol. The minimum absolute atomic E-state index is 0.0143. The number of imide groups is 2. The summed E-state index contributed by atoms with van der Waals surface area (Å²) in [6, 6.07) is 19.5. The second-order valence-corrected chi connectivity index (χ2v) is 16.4. The third kappa shape index (κ3) is 6.36. The first-order valence-corrected chi connectivity index (χ1v) is 19.9. The first-order valence-electron chi connectivity index (χ1n) is 19.9. The maximum absolute atomic E-state index is 15.4. The number of aryl methyl sites for hydroxylation is 3. The van der Waals surface area contributed by atoms with Crippen LogP contribution in [-0.2, 0) is 15.0 Å². The first-order chi connectivity index (χ1) is 27.4. The summed E-state index contributed by atoms with van der Waals surface area (Å²) >= 11 is 0. The Balaban J connectivity index is 0.881. The van der Waals surface area contributed by atoms with Gasteiger partial charge in [-0.15, -0.1) is 0 Å². The Labute approximate surface area is 330 Å². The van der Waals surface area contributed by atoms with E-state index in [1.165, 1.54) is 6.07 Å². The van der Waals surface area contributed by atoms with E-state index >= 15 is 4.39 Å². The van der Waals surface area contributed by atoms with Gasteiger partial charge in [-0.05, 0) is 113 Å². The Morgan fingerprint density at radius 2 is 1.63 bits per heavy atom. The van der Waals surface area contributed by atoms with Crippen LogP contribution >= 0.6 is 0 Å². The molecule has 292 valence electrons. The number of rotatable bonds is 9. The van der Waals surface area contributed by atoms with E-state index in [1.807, 2.05) is 13.8 Å². The molecule has 2 N–H and O–H groups in total. The van der Waals surface area contributed by atoms with Crippen LogP contribution in [0.5, 0.6) is 0 Å². The van der Waals surface area contributed by atoms with E-state index in [2.05, 4.69) is 81.0 Å². The van der Waals surface area contributed by atoms with Crippen molar-refractivity contribution in [2.45, 2.75) is 102 Å². The Bertz CT molecular complexity index is 2350. The summed E-state index contributed by atoms with van der Waals surface area (Å²) in [5, 5.41) is 19.5. The van der Waals surface area contributed by atoms with E-state index in [1.54, 1.807) is 0 Å². The fraction of sp³-hybridized carbons (Fsp3) is 0.409. The summed E-state index contributed by atoms with van der Waals surface area (Å²) < 4.78 is 21.0. The SMILES string of the molecule is Cc1ccc(-c2c(C)noc2C)cc1N(c1ccc(C2(C#N)CC2)cc1)C1CN([C@H]2CC[C@@H](Nc3cc4c(cc3F)C(=O)N(C3CCC(=O)NC3=O)C4=O)CC2)C1. The third-order valence-corrected chi connectivity index (χ3v) is 12.8. The molecule has 9 rings (SSSR count). The lowest BCUT2D eigenvalue weighted by atomic mass is 9.87. The minimum Gasteiger partial charge on any atom is -0.380 e. The molecule has 12 nitrogen and oxygen atoms in total. The second-order valence-electron chi connectivity index (χ2n) is 16.4. The van der Waals surface area contributed by atoms with Crippen molar-refractivity contribution in [2.75, 3.05) is 23.3 Å². The summed E-state index contributed by atoms with van der Waals surface area (Å²) in [7, 11) is 0. The number of anilines is 3. The van der Waals surface area contributed by atoms with Crippen molar-refractivity contribution in [2.24, 2.45) is 0 Å². The summed E-state index contributed by atoms with van der Waals surface area (Å²) in [6.45, 7) is 7.79. The molecule has 0 radical (unpaired) electrons. The van der Waals surface area contributed by atoms with Crippen molar-refractivity contribution in [3.05, 3.63) is 94.1 Å². The minimum atomic E-state index is -1.11. The van der Waals surface area contributed by atoms with Gasteiger partial charge in [0.1, 0.15) is 17.6 Å². The molecule has 2 saturated carbocycles. The Morgan fingerprint density at radius 3 is 2.26 bits per heavy atom. The smallest absolute Gasteiger partial charge is 0.262 e. The molecule has 1 aromatic heterocycles. The average Bonchev–Trinajstić information content (AvgIpc) is 3.87. The van der Waals surface area contributed by atoms with Crippen molar-refractivity contribution in [3.63, 3.8) is 0 Å². The molecule has 5 aliphatic rings. The summed E-state index contributed by atoms with van der Waals surface area (Å²) in [4.78, 5) is 56.4. The van der Waals surface area contributed by atoms with Gasteiger partial charge in [0.05, 0.1) is 40.0 Å². The zero-order valence-electron chi connectivity index (χ0n) is 32.2. The highest BCUT2D eigenvalue weighted by molar-refractivity contribution is 6.23. The van der Waals surface area contributed by atoms with Crippen molar-refractivity contribution < 1.29 is 28.1 Å². The van der Waals surface area contributed by atoms with Gasteiger partial charge in [-0.3, -0.25) is 34.3 Å². The number of likely N-dealkylation sites (tertiary alicyclic amines) is 1. The molecule has 4 amide bonds. The van der Waals surface area contributed by atoms with Gasteiger partial charge in [0.2, 0.25) is 11.8 Å². The van der Waals surface area contributed by atoms with E-state index in [-0.39, 0.29) is 47.2 Å². The fourth-order valence-corrected chi connectivity index (χ4v) is 9.35. The zero-order chi connectivity index (χ0) is 39.7. The number of fused-ring (bicyclic) bond motifs is 1. The molecular formula is C44H44FN7O5. The molecule has 1 atom stereocenters. The Hall–Kier alpha value is -5.87. The normalized spacial score (nSPS) is 23.1. The van der Waals surface area contributed by atoms with Crippen molar-refractivity contribution >= 4 is 40.7 Å². The predicted octanol–water partition coefficient (Wildman–Crippen LogP) is 6.61. The molecule has 0 spiro atoms. The molecule has 0 bridgehead atoms. The molecule has 1 unspecified atom stereocenters. The van der Waals surface area contributed by atoms with Gasteiger partial charge in [-0.1, -0.05) is 29.4 Å². The topological polar surface area (TPSA) is 152 Å². The van der Waals surface area contributed by atoms with Crippen LogP contribution in [0.25, 0.3) is 11.1 Å². The van der Waals surface area contributed by atoms with Crippen molar-refractivity contribution in [1.29, 1.82) is 5.26 Å². The van der Waals surface area contributed by atoms with Gasteiger partial charge < -0.3 is 14.7 Å². The number of nitriles is 1. The van der Waals surface area contributed by atoms with Crippen molar-refractivity contribution in [3.8, 4) is 17.2 Å². The summed E-state index contributed by atoms with van der Waals surface area (Å²) in [5.74, 6) is -2.39. The number of piperidine rings is 1. The number of halogens is 1. The number of carbonyl (C=O) groups is 4. The van der Waals surface area contributed by atoms with Crippen LogP contribution in [0, 0.1) is 37.9 Å². The van der Waals surface area contributed by atoms with Gasteiger partial charge in [0.15, 0.2) is 0 Å². The van der Waals surface area contributed by atoms with Crippen LogP contribution in [0.3, 0.4) is 0 Å². The average molecular weight is 770 g/mol. The lowest BCUT2D eigenvalue weighted by Crippen LogP contribution is -2.62. The highest BCUT2D eigenvalue weighted by Gasteiger charge is 2.46. The Kier molecular flexibility index (Phi) is 8.99. The first kappa shape index (κ1) is 36.7. The fourth-order valence-electron chi connectivity index (χ4n) is 9.35. The number of nitrogens with one attached hydrogen (secondary N) is 2. The predicted molar refractivity (Wildman–Crippen MR) is 209 cm³/mol. The maximum Gasteiger partial charge on any atom is 0.262 e. The summed E-state index contributed by atoms with van der Waals surface area (Å²) in [5.41, 5.74) is 7.13. The van der Waals surface area contributed by atoms with E-state index in [9.17, 15) is 24.4 Å². The van der Waals surface area contributed by atoms with Crippen LogP contribution in [0.1, 0.15) is 94.7 Å². The molecule has 4 fully saturated rings. The maximum atomic E-state index is 15.4. The molecule has 57 heavy (non-hydrogen) atoms. The molecule has 3 aliphatic heterocycles. The second kappa shape index (κ2) is 14.0. The number of aromatic nitrogens is 1. The molecule has 13 heteroatoms. The number of nitrogens with zero attached hydrogens (tertiary/aromatic N) is 5. The van der Waals surface area contributed by atoms with Crippen LogP contribution in [0.15, 0.2) is 59.1 Å². The molecule has 2 aliphatic carbocycles. The van der Waals surface area contributed by atoms with Gasteiger partial charge in [0, 0.05) is 48.5 Å². The largest absolute Gasteiger partial charge is 0.380 e. The number of hydrogen-bond acceptors (Lipinski definition) is 10. The quantitative estimate of drug-likeness (QED) is 0.178. The number of benzene rings is 3. The van der Waals surface area contributed by atoms with E-state index in [0.717, 1.165) is 108 Å². The van der Waals surface area contributed by atoms with Crippen LogP contribution < -0.4 is 15.5 Å². The lowest BCUT2D eigenvalue weighted by molar-refractivity contribution is -0.136. The Morgan fingerprint density at radius 1 is 0.930 bits per heavy atom. The number of hydrogen-bond donors (Lipinski definition) is 2. The van der Waals surface area contributed by atoms with Gasteiger partial charge >= 0.3 is 0 Å². The molecule has 3 aromatic carbocycles. The van der Waals surface area contributed by atoms with E-state index in [4.69, 9.17) is 4.52 Å². The lowest BCUT2D eigenvalue weighted by Gasteiger charge is -2.51. The standard InChI is InChI=1S/C44H44FN7O5/c1-24-4-5-27(40-25(2)49-57-26(40)3)18-38(24)51(31-10-6-28(7-11-31)44(23-46)16-17-44)32-21-50(22-32)30-12-8-29(9-13-30)47-36-20-34-33(19-35(36)45)42(55)52(43(34)56)37-14-15-39(53)48-41(37)54/h4-7,10-11,18-20,29-30,32,37,47H,8-9,12-17,21-22H2,1-3H3,(H,48,53,54)/t29-,30+,37?.